The molecule has 0 aliphatic rings. The summed E-state index contributed by atoms with van der Waals surface area (Å²) in [5.41, 5.74) is 1.88. The monoisotopic (exact) mass is 333 g/mol. The van der Waals surface area contributed by atoms with E-state index >= 15 is 0 Å². The van der Waals surface area contributed by atoms with E-state index in [1.54, 1.807) is 7.11 Å². The van der Waals surface area contributed by atoms with E-state index in [0.29, 0.717) is 19.8 Å². The number of benzene rings is 1. The van der Waals surface area contributed by atoms with Crippen LogP contribution in [0.3, 0.4) is 0 Å². The lowest BCUT2D eigenvalue weighted by atomic mass is 10.2. The molecule has 0 aliphatic carbocycles. The predicted octanol–water partition coefficient (Wildman–Crippen LogP) is 3.22. The Hall–Kier alpha value is -2.05. The largest absolute Gasteiger partial charge is 0.383 e. The van der Waals surface area contributed by atoms with Gasteiger partial charge in [-0.05, 0) is 26.3 Å². The SMILES string of the molecule is COCCn1cc(NC(=O)NCCCOC(C)C)c2ccccc21. The number of carbonyl (C=O) groups excluding carboxylic acids is 1. The smallest absolute Gasteiger partial charge is 0.319 e. The lowest BCUT2D eigenvalue weighted by molar-refractivity contribution is 0.0775. The van der Waals surface area contributed by atoms with Crippen LogP contribution in [0.1, 0.15) is 20.3 Å². The van der Waals surface area contributed by atoms with Gasteiger partial charge in [-0.25, -0.2) is 4.79 Å². The van der Waals surface area contributed by atoms with Gasteiger partial charge in [-0.15, -0.1) is 0 Å². The van der Waals surface area contributed by atoms with Gasteiger partial charge in [-0.1, -0.05) is 18.2 Å². The minimum absolute atomic E-state index is 0.200. The van der Waals surface area contributed by atoms with Gasteiger partial charge < -0.3 is 24.7 Å². The zero-order valence-electron chi connectivity index (χ0n) is 14.7. The Kier molecular flexibility index (Phi) is 7.08. The molecule has 0 spiro atoms. The molecule has 6 nitrogen and oxygen atoms in total. The Morgan fingerprint density at radius 1 is 1.25 bits per heavy atom. The molecule has 0 saturated carbocycles. The highest BCUT2D eigenvalue weighted by atomic mass is 16.5. The molecule has 0 fully saturated rings. The number of nitrogens with one attached hydrogen (secondary N) is 2. The molecule has 0 aliphatic heterocycles. The lowest BCUT2D eigenvalue weighted by Gasteiger charge is -2.09. The molecule has 2 N–H and O–H groups in total. The normalized spacial score (nSPS) is 11.2. The summed E-state index contributed by atoms with van der Waals surface area (Å²) < 4.78 is 12.7. The number of hydrogen-bond acceptors (Lipinski definition) is 3. The van der Waals surface area contributed by atoms with Crippen molar-refractivity contribution in [3.8, 4) is 0 Å². The Balaban J connectivity index is 1.93. The number of para-hydroxylation sites is 1. The van der Waals surface area contributed by atoms with Crippen LogP contribution >= 0.6 is 0 Å². The highest BCUT2D eigenvalue weighted by molar-refractivity contribution is 6.01. The molecular formula is C18H27N3O3. The van der Waals surface area contributed by atoms with Crippen LogP contribution in [0.15, 0.2) is 30.5 Å². The fraction of sp³-hybridized carbons (Fsp3) is 0.500. The fourth-order valence-electron chi connectivity index (χ4n) is 2.48. The standard InChI is InChI=1S/C18H27N3O3/c1-14(2)24-11-6-9-19-18(22)20-16-13-21(10-12-23-3)17-8-5-4-7-15(16)17/h4-5,7-8,13-14H,6,9-12H2,1-3H3,(H2,19,20,22). The highest BCUT2D eigenvalue weighted by Crippen LogP contribution is 2.25. The zero-order chi connectivity index (χ0) is 17.4. The van der Waals surface area contributed by atoms with E-state index in [4.69, 9.17) is 9.47 Å². The van der Waals surface area contributed by atoms with Crippen molar-refractivity contribution in [2.24, 2.45) is 0 Å². The van der Waals surface area contributed by atoms with Gasteiger partial charge in [0.2, 0.25) is 0 Å². The third kappa shape index (κ3) is 5.25. The second-order valence-corrected chi connectivity index (χ2v) is 5.90. The molecule has 132 valence electrons. The molecule has 2 amide bonds. The number of nitrogens with zero attached hydrogens (tertiary/aromatic N) is 1. The van der Waals surface area contributed by atoms with E-state index in [9.17, 15) is 4.79 Å². The first-order valence-electron chi connectivity index (χ1n) is 8.35. The first-order valence-corrected chi connectivity index (χ1v) is 8.35. The van der Waals surface area contributed by atoms with Gasteiger partial charge in [0.05, 0.1) is 23.9 Å². The van der Waals surface area contributed by atoms with Crippen molar-refractivity contribution in [2.45, 2.75) is 32.9 Å². The van der Waals surface area contributed by atoms with Crippen LogP contribution in [0, 0.1) is 0 Å². The molecule has 0 radical (unpaired) electrons. The summed E-state index contributed by atoms with van der Waals surface area (Å²) in [6.07, 6.45) is 2.96. The van der Waals surface area contributed by atoms with Crippen LogP contribution in [0.25, 0.3) is 10.9 Å². The molecule has 0 saturated heterocycles. The summed E-state index contributed by atoms with van der Waals surface area (Å²) in [5, 5.41) is 6.81. The quantitative estimate of drug-likeness (QED) is 0.693. The van der Waals surface area contributed by atoms with Crippen molar-refractivity contribution in [1.29, 1.82) is 0 Å². The average molecular weight is 333 g/mol. The van der Waals surface area contributed by atoms with Crippen LogP contribution in [0.2, 0.25) is 0 Å². The third-order valence-corrected chi connectivity index (χ3v) is 3.63. The molecule has 1 heterocycles. The van der Waals surface area contributed by atoms with Crippen molar-refractivity contribution in [3.63, 3.8) is 0 Å². The zero-order valence-corrected chi connectivity index (χ0v) is 14.7. The second-order valence-electron chi connectivity index (χ2n) is 5.90. The number of urea groups is 1. The van der Waals surface area contributed by atoms with E-state index in [0.717, 1.165) is 29.6 Å². The Morgan fingerprint density at radius 3 is 2.79 bits per heavy atom. The van der Waals surface area contributed by atoms with Gasteiger partial charge in [-0.2, -0.15) is 0 Å². The number of ether oxygens (including phenoxy) is 2. The number of anilines is 1. The number of methoxy groups -OCH3 is 1. The summed E-state index contributed by atoms with van der Waals surface area (Å²) in [6.45, 7) is 6.60. The average Bonchev–Trinajstić information content (AvgIpc) is 2.90. The fourth-order valence-corrected chi connectivity index (χ4v) is 2.48. The molecular weight excluding hydrogens is 306 g/mol. The van der Waals surface area contributed by atoms with E-state index < -0.39 is 0 Å². The molecule has 24 heavy (non-hydrogen) atoms. The highest BCUT2D eigenvalue weighted by Gasteiger charge is 2.10. The molecule has 0 unspecified atom stereocenters. The molecule has 2 rings (SSSR count). The van der Waals surface area contributed by atoms with Crippen LogP contribution in [-0.2, 0) is 16.0 Å². The molecule has 2 aromatic rings. The Labute approximate surface area is 143 Å². The van der Waals surface area contributed by atoms with Crippen molar-refractivity contribution in [2.75, 3.05) is 32.2 Å². The predicted molar refractivity (Wildman–Crippen MR) is 96.5 cm³/mol. The van der Waals surface area contributed by atoms with Crippen LogP contribution in [-0.4, -0.2) is 43.6 Å². The molecule has 1 aromatic heterocycles. The van der Waals surface area contributed by atoms with Crippen LogP contribution < -0.4 is 10.6 Å². The maximum absolute atomic E-state index is 12.1. The van der Waals surface area contributed by atoms with Crippen molar-refractivity contribution < 1.29 is 14.3 Å². The number of amides is 2. The van der Waals surface area contributed by atoms with Gasteiger partial charge in [0, 0.05) is 38.4 Å². The van der Waals surface area contributed by atoms with Gasteiger partial charge in [-0.3, -0.25) is 0 Å². The van der Waals surface area contributed by atoms with Crippen LogP contribution in [0.4, 0.5) is 10.5 Å². The number of aromatic nitrogens is 1. The topological polar surface area (TPSA) is 64.5 Å². The number of fused-ring (bicyclic) bond motifs is 1. The molecule has 6 heteroatoms. The summed E-state index contributed by atoms with van der Waals surface area (Å²) in [7, 11) is 1.68. The van der Waals surface area contributed by atoms with E-state index in [1.807, 2.05) is 44.3 Å². The summed E-state index contributed by atoms with van der Waals surface area (Å²) in [6, 6.07) is 7.80. The Morgan fingerprint density at radius 2 is 2.04 bits per heavy atom. The number of carbonyl (C=O) groups is 1. The summed E-state index contributed by atoms with van der Waals surface area (Å²) >= 11 is 0. The van der Waals surface area contributed by atoms with Gasteiger partial charge >= 0.3 is 6.03 Å². The first-order chi connectivity index (χ1) is 11.6. The van der Waals surface area contributed by atoms with E-state index in [-0.39, 0.29) is 12.1 Å². The summed E-state index contributed by atoms with van der Waals surface area (Å²) in [5.74, 6) is 0. The van der Waals surface area contributed by atoms with Gasteiger partial charge in [0.25, 0.3) is 0 Å². The van der Waals surface area contributed by atoms with Gasteiger partial charge in [0.15, 0.2) is 0 Å². The minimum Gasteiger partial charge on any atom is -0.383 e. The van der Waals surface area contributed by atoms with Crippen LogP contribution in [0.5, 0.6) is 0 Å². The Bertz CT molecular complexity index is 652. The van der Waals surface area contributed by atoms with E-state index in [2.05, 4.69) is 15.2 Å². The van der Waals surface area contributed by atoms with Crippen molar-refractivity contribution in [3.05, 3.63) is 30.5 Å². The second kappa shape index (κ2) is 9.30. The lowest BCUT2D eigenvalue weighted by Crippen LogP contribution is -2.30. The van der Waals surface area contributed by atoms with Crippen molar-refractivity contribution >= 4 is 22.6 Å². The van der Waals surface area contributed by atoms with Crippen molar-refractivity contribution in [1.82, 2.24) is 9.88 Å². The maximum Gasteiger partial charge on any atom is 0.319 e. The number of rotatable bonds is 9. The third-order valence-electron chi connectivity index (χ3n) is 3.63. The van der Waals surface area contributed by atoms with Gasteiger partial charge in [0.1, 0.15) is 0 Å². The number of hydrogen-bond donors (Lipinski definition) is 2. The first kappa shape index (κ1) is 18.3. The molecule has 0 atom stereocenters. The maximum atomic E-state index is 12.1. The summed E-state index contributed by atoms with van der Waals surface area (Å²) in [4.78, 5) is 12.1. The van der Waals surface area contributed by atoms with E-state index in [1.165, 1.54) is 0 Å². The molecule has 1 aromatic carbocycles. The minimum atomic E-state index is -0.200. The molecule has 0 bridgehead atoms.